The van der Waals surface area contributed by atoms with Crippen molar-refractivity contribution in [2.75, 3.05) is 26.4 Å². The van der Waals surface area contributed by atoms with E-state index in [2.05, 4.69) is 67.8 Å². The van der Waals surface area contributed by atoms with E-state index in [9.17, 15) is 24.2 Å². The first kappa shape index (κ1) is 59.0. The first-order chi connectivity index (χ1) is 29.8. The first-order valence-corrected chi connectivity index (χ1v) is 26.6. The van der Waals surface area contributed by atoms with Gasteiger partial charge in [-0.05, 0) is 77.0 Å². The molecule has 0 aromatic carbocycles. The second-order valence-corrected chi connectivity index (χ2v) is 18.2. The van der Waals surface area contributed by atoms with Gasteiger partial charge in [0.05, 0.1) is 13.2 Å². The Morgan fingerprint density at radius 2 is 0.885 bits per heavy atom. The second kappa shape index (κ2) is 47.4. The van der Waals surface area contributed by atoms with Crippen LogP contribution in [0.5, 0.6) is 0 Å². The summed E-state index contributed by atoms with van der Waals surface area (Å²) in [5, 5.41) is 12.7. The zero-order chi connectivity index (χ0) is 44.6. The van der Waals surface area contributed by atoms with Gasteiger partial charge in [0.2, 0.25) is 5.91 Å². The van der Waals surface area contributed by atoms with E-state index >= 15 is 0 Å². The normalized spacial score (nSPS) is 13.6. The Labute approximate surface area is 375 Å². The number of phosphoric ester groups is 1. The number of rotatable bonds is 47. The molecule has 0 saturated heterocycles. The molecule has 0 aromatic heterocycles. The molecule has 356 valence electrons. The van der Waals surface area contributed by atoms with Crippen LogP contribution in [0.1, 0.15) is 232 Å². The third kappa shape index (κ3) is 48.9. The summed E-state index contributed by atoms with van der Waals surface area (Å²) in [4.78, 5) is 34.0. The Bertz CT molecular complexity index is 1140. The molecule has 3 N–H and O–H groups in total. The lowest BCUT2D eigenvalue weighted by Gasteiger charge is -2.15. The van der Waals surface area contributed by atoms with E-state index < -0.39 is 26.5 Å². The highest BCUT2D eigenvalue weighted by Gasteiger charge is 2.23. The lowest BCUT2D eigenvalue weighted by molar-refractivity contribution is -0.147. The van der Waals surface area contributed by atoms with Crippen molar-refractivity contribution >= 4 is 19.7 Å². The summed E-state index contributed by atoms with van der Waals surface area (Å²) in [6.45, 7) is 3.52. The van der Waals surface area contributed by atoms with Crippen molar-refractivity contribution in [3.63, 3.8) is 0 Å². The number of aliphatic hydroxyl groups excluding tert-OH is 1. The number of carbonyl (C=O) groups excluding carboxylic acids is 2. The molecule has 0 radical (unpaired) electrons. The fourth-order valence-corrected chi connectivity index (χ4v) is 7.67. The molecule has 0 fully saturated rings. The van der Waals surface area contributed by atoms with Gasteiger partial charge in [-0.1, -0.05) is 191 Å². The number of esters is 1. The van der Waals surface area contributed by atoms with Crippen molar-refractivity contribution in [2.45, 2.75) is 238 Å². The summed E-state index contributed by atoms with van der Waals surface area (Å²) in [6, 6.07) is 0. The molecule has 2 unspecified atom stereocenters. The number of allylic oxidation sites excluding steroid dienone is 8. The van der Waals surface area contributed by atoms with Crippen molar-refractivity contribution in [3.05, 3.63) is 48.6 Å². The fraction of sp³-hybridized carbons (Fsp3) is 0.804. The van der Waals surface area contributed by atoms with Crippen molar-refractivity contribution < 1.29 is 37.9 Å². The molecule has 0 heterocycles. The molecule has 0 aliphatic rings. The van der Waals surface area contributed by atoms with Gasteiger partial charge in [-0.15, -0.1) is 0 Å². The summed E-state index contributed by atoms with van der Waals surface area (Å²) in [5.41, 5.74) is 0. The Morgan fingerprint density at radius 3 is 1.31 bits per heavy atom. The van der Waals surface area contributed by atoms with Crippen LogP contribution in [-0.4, -0.2) is 54.3 Å². The molecule has 0 aliphatic carbocycles. The highest BCUT2D eigenvalue weighted by atomic mass is 31.2. The first-order valence-electron chi connectivity index (χ1n) is 25.1. The summed E-state index contributed by atoms with van der Waals surface area (Å²) in [5.74, 6) is -0.521. The van der Waals surface area contributed by atoms with E-state index in [-0.39, 0.29) is 32.1 Å². The molecule has 9 nitrogen and oxygen atoms in total. The lowest BCUT2D eigenvalue weighted by Crippen LogP contribution is -2.27. The van der Waals surface area contributed by atoms with Crippen LogP contribution in [0.3, 0.4) is 0 Å². The Kier molecular flexibility index (Phi) is 45.9. The predicted molar refractivity (Wildman–Crippen MR) is 257 cm³/mol. The van der Waals surface area contributed by atoms with Crippen LogP contribution in [0.25, 0.3) is 0 Å². The van der Waals surface area contributed by atoms with E-state index in [1.54, 1.807) is 0 Å². The van der Waals surface area contributed by atoms with Gasteiger partial charge in [0.15, 0.2) is 0 Å². The molecule has 10 heteroatoms. The molecular weight excluding hydrogens is 786 g/mol. The topological polar surface area (TPSA) is 131 Å². The number of unbranched alkanes of at least 4 members (excludes halogenated alkanes) is 26. The standard InChI is InChI=1S/C51H94NO8P/c1-3-5-7-9-11-13-15-17-19-21-22-23-24-25-26-28-29-31-33-35-37-39-41-43-50(54)52-45-46-59-61(56,57)60-48-49(53)47-58-51(55)44-42-40-38-36-34-32-30-27-20-18-16-14-12-10-8-6-4-2/h11-14,17-20,49,53H,3-10,15-16,21-48H2,1-2H3,(H,52,54)(H,56,57)/b13-11-,14-12-,19-17-,20-18-. The molecular formula is C51H94NO8P. The van der Waals surface area contributed by atoms with Gasteiger partial charge in [-0.25, -0.2) is 4.57 Å². The van der Waals surface area contributed by atoms with Gasteiger partial charge in [-0.2, -0.15) is 0 Å². The minimum atomic E-state index is -4.42. The van der Waals surface area contributed by atoms with Gasteiger partial charge >= 0.3 is 13.8 Å². The third-order valence-corrected chi connectivity index (χ3v) is 11.7. The largest absolute Gasteiger partial charge is 0.472 e. The average molecular weight is 880 g/mol. The maximum atomic E-state index is 12.1. The van der Waals surface area contributed by atoms with Crippen molar-refractivity contribution in [1.29, 1.82) is 0 Å². The number of amides is 1. The number of ether oxygens (including phenoxy) is 1. The molecule has 2 atom stereocenters. The van der Waals surface area contributed by atoms with E-state index in [4.69, 9.17) is 13.8 Å². The van der Waals surface area contributed by atoms with E-state index in [0.717, 1.165) is 64.2 Å². The summed E-state index contributed by atoms with van der Waals surface area (Å²) >= 11 is 0. The van der Waals surface area contributed by atoms with Gasteiger partial charge < -0.3 is 20.1 Å². The van der Waals surface area contributed by atoms with E-state index in [0.29, 0.717) is 6.42 Å². The zero-order valence-electron chi connectivity index (χ0n) is 39.4. The molecule has 1 amide bonds. The van der Waals surface area contributed by atoms with Crippen LogP contribution in [0.4, 0.5) is 0 Å². The van der Waals surface area contributed by atoms with Crippen molar-refractivity contribution in [1.82, 2.24) is 5.32 Å². The van der Waals surface area contributed by atoms with Crippen LogP contribution in [-0.2, 0) is 27.9 Å². The van der Waals surface area contributed by atoms with Crippen molar-refractivity contribution in [3.8, 4) is 0 Å². The number of hydrogen-bond donors (Lipinski definition) is 3. The Morgan fingerprint density at radius 1 is 0.508 bits per heavy atom. The second-order valence-electron chi connectivity index (χ2n) is 16.8. The molecule has 0 spiro atoms. The van der Waals surface area contributed by atoms with Crippen LogP contribution in [0.2, 0.25) is 0 Å². The summed E-state index contributed by atoms with van der Waals surface area (Å²) < 4.78 is 27.0. The maximum Gasteiger partial charge on any atom is 0.472 e. The third-order valence-electron chi connectivity index (χ3n) is 10.7. The predicted octanol–water partition coefficient (Wildman–Crippen LogP) is 14.7. The highest BCUT2D eigenvalue weighted by Crippen LogP contribution is 2.42. The van der Waals surface area contributed by atoms with E-state index in [1.807, 2.05) is 0 Å². The number of hydrogen-bond acceptors (Lipinski definition) is 7. The van der Waals surface area contributed by atoms with Crippen LogP contribution in [0, 0.1) is 0 Å². The lowest BCUT2D eigenvalue weighted by atomic mass is 10.0. The zero-order valence-corrected chi connectivity index (χ0v) is 40.3. The van der Waals surface area contributed by atoms with Crippen LogP contribution < -0.4 is 5.32 Å². The van der Waals surface area contributed by atoms with Crippen molar-refractivity contribution in [2.24, 2.45) is 0 Å². The maximum absolute atomic E-state index is 12.1. The fourth-order valence-electron chi connectivity index (χ4n) is 6.91. The molecule has 0 saturated carbocycles. The average Bonchev–Trinajstić information content (AvgIpc) is 3.25. The molecule has 61 heavy (non-hydrogen) atoms. The summed E-state index contributed by atoms with van der Waals surface area (Å²) in [7, 11) is -4.42. The highest BCUT2D eigenvalue weighted by molar-refractivity contribution is 7.47. The minimum Gasteiger partial charge on any atom is -0.463 e. The SMILES string of the molecule is CCCCC/C=C\C/C=C\CCCCCCCCCCCCCCCC(=O)NCCOP(=O)(O)OCC(O)COC(=O)CCCCCCCCC/C=C\C/C=C\CCCCC. The van der Waals surface area contributed by atoms with Gasteiger partial charge in [-0.3, -0.25) is 18.6 Å². The molecule has 0 aliphatic heterocycles. The van der Waals surface area contributed by atoms with E-state index in [1.165, 1.54) is 141 Å². The number of carbonyl (C=O) groups is 2. The molecule has 0 bridgehead atoms. The summed E-state index contributed by atoms with van der Waals surface area (Å²) in [6.07, 6.45) is 56.2. The van der Waals surface area contributed by atoms with Gasteiger partial charge in [0.25, 0.3) is 0 Å². The smallest absolute Gasteiger partial charge is 0.463 e. The Balaban J connectivity index is 3.56. The van der Waals surface area contributed by atoms with Gasteiger partial charge in [0.1, 0.15) is 12.7 Å². The monoisotopic (exact) mass is 880 g/mol. The molecule has 0 rings (SSSR count). The minimum absolute atomic E-state index is 0.0801. The molecule has 0 aromatic rings. The van der Waals surface area contributed by atoms with Gasteiger partial charge in [0, 0.05) is 19.4 Å². The Hall–Kier alpha value is -2.03. The number of aliphatic hydroxyl groups is 1. The van der Waals surface area contributed by atoms with Crippen LogP contribution >= 0.6 is 7.82 Å². The quantitative estimate of drug-likeness (QED) is 0.0238. The number of phosphoric acid groups is 1. The van der Waals surface area contributed by atoms with Crippen LogP contribution in [0.15, 0.2) is 48.6 Å². The number of nitrogens with one attached hydrogen (secondary N) is 1.